The summed E-state index contributed by atoms with van der Waals surface area (Å²) in [5.74, 6) is 0.0414. The van der Waals surface area contributed by atoms with Crippen LogP contribution < -0.4 is 10.1 Å². The van der Waals surface area contributed by atoms with Crippen molar-refractivity contribution < 1.29 is 26.3 Å². The third kappa shape index (κ3) is 5.46. The fraction of sp³-hybridized carbons (Fsp3) is 0.444. The number of anilines is 1. The molecule has 1 aliphatic heterocycles. The Morgan fingerprint density at radius 3 is 2.68 bits per heavy atom. The summed E-state index contributed by atoms with van der Waals surface area (Å²) in [6.45, 7) is 1.72. The maximum absolute atomic E-state index is 12.4. The molecule has 13 heteroatoms. The molecule has 1 aromatic carbocycles. The van der Waals surface area contributed by atoms with Crippen molar-refractivity contribution in [1.82, 2.24) is 18.9 Å². The smallest absolute Gasteiger partial charge is 0.406 e. The molecule has 168 valence electrons. The van der Waals surface area contributed by atoms with Crippen molar-refractivity contribution in [2.45, 2.75) is 19.2 Å². The van der Waals surface area contributed by atoms with E-state index < -0.39 is 16.4 Å². The van der Waals surface area contributed by atoms with Crippen molar-refractivity contribution in [3.63, 3.8) is 0 Å². The number of nitrogens with one attached hydrogen (secondary N) is 1. The maximum Gasteiger partial charge on any atom is 0.573 e. The highest BCUT2D eigenvalue weighted by Crippen LogP contribution is 2.29. The average Bonchev–Trinajstić information content (AvgIpc) is 3.24. The molecule has 1 fully saturated rings. The Hall–Kier alpha value is -2.38. The van der Waals surface area contributed by atoms with E-state index in [1.54, 1.807) is 16.8 Å². The minimum Gasteiger partial charge on any atom is -0.406 e. The van der Waals surface area contributed by atoms with Gasteiger partial charge >= 0.3 is 6.36 Å². The third-order valence-electron chi connectivity index (χ3n) is 4.99. The van der Waals surface area contributed by atoms with Gasteiger partial charge in [0.25, 0.3) is 0 Å². The van der Waals surface area contributed by atoms with E-state index in [4.69, 9.17) is 0 Å². The van der Waals surface area contributed by atoms with Crippen LogP contribution in [0.15, 0.2) is 30.5 Å². The van der Waals surface area contributed by atoms with Gasteiger partial charge in [0.05, 0.1) is 18.1 Å². The van der Waals surface area contributed by atoms with Crippen LogP contribution in [0.25, 0.3) is 16.2 Å². The van der Waals surface area contributed by atoms with Gasteiger partial charge in [0.15, 0.2) is 0 Å². The van der Waals surface area contributed by atoms with Crippen LogP contribution in [0.3, 0.4) is 0 Å². The highest BCUT2D eigenvalue weighted by molar-refractivity contribution is 7.88. The number of piperidine rings is 1. The van der Waals surface area contributed by atoms with Crippen LogP contribution >= 0.6 is 11.3 Å². The minimum atomic E-state index is -4.75. The van der Waals surface area contributed by atoms with Crippen molar-refractivity contribution in [1.29, 1.82) is 0 Å². The van der Waals surface area contributed by atoms with Crippen LogP contribution in [0.4, 0.5) is 18.3 Å². The normalized spacial score (nSPS) is 16.6. The molecule has 0 radical (unpaired) electrons. The Morgan fingerprint density at radius 2 is 2.03 bits per heavy atom. The molecule has 3 heterocycles. The van der Waals surface area contributed by atoms with Gasteiger partial charge in [-0.1, -0.05) is 23.5 Å². The van der Waals surface area contributed by atoms with Gasteiger partial charge < -0.3 is 10.1 Å². The van der Waals surface area contributed by atoms with Gasteiger partial charge in [-0.2, -0.15) is 0 Å². The van der Waals surface area contributed by atoms with Crippen LogP contribution in [-0.4, -0.2) is 59.6 Å². The van der Waals surface area contributed by atoms with Crippen LogP contribution in [-0.2, 0) is 10.0 Å². The first-order valence-corrected chi connectivity index (χ1v) is 12.1. The molecule has 1 N–H and O–H groups in total. The molecule has 3 aromatic rings. The zero-order valence-electron chi connectivity index (χ0n) is 16.5. The van der Waals surface area contributed by atoms with Crippen molar-refractivity contribution >= 4 is 31.5 Å². The number of nitrogens with zero attached hydrogens (tertiary/aromatic N) is 4. The summed E-state index contributed by atoms with van der Waals surface area (Å²) >= 11 is 1.33. The number of fused-ring (bicyclic) bond motifs is 1. The van der Waals surface area contributed by atoms with Crippen LogP contribution in [0.1, 0.15) is 12.8 Å². The fourth-order valence-corrected chi connectivity index (χ4v) is 5.10. The number of hydrogen-bond acceptors (Lipinski definition) is 7. The zero-order valence-corrected chi connectivity index (χ0v) is 18.1. The van der Waals surface area contributed by atoms with Crippen molar-refractivity contribution in [3.05, 3.63) is 30.5 Å². The number of hydrogen-bond donors (Lipinski definition) is 1. The SMILES string of the molecule is CS(=O)(=O)N1CCC(CNc2nn3cc(-c4cccc(OC(F)(F)F)c4)nc3s2)CC1. The minimum absolute atomic E-state index is 0.307. The molecule has 0 bridgehead atoms. The van der Waals surface area contributed by atoms with E-state index in [0.717, 1.165) is 12.8 Å². The van der Waals surface area contributed by atoms with Gasteiger partial charge in [0.2, 0.25) is 20.1 Å². The summed E-state index contributed by atoms with van der Waals surface area (Å²) < 4.78 is 67.5. The second kappa shape index (κ2) is 8.28. The lowest BCUT2D eigenvalue weighted by atomic mass is 9.98. The second-order valence-corrected chi connectivity index (χ2v) is 10.3. The summed E-state index contributed by atoms with van der Waals surface area (Å²) in [5.41, 5.74) is 0.984. The number of alkyl halides is 3. The summed E-state index contributed by atoms with van der Waals surface area (Å²) in [7, 11) is -3.14. The molecule has 0 spiro atoms. The molecule has 0 saturated carbocycles. The van der Waals surface area contributed by atoms with E-state index in [1.807, 2.05) is 0 Å². The monoisotopic (exact) mass is 475 g/mol. The van der Waals surface area contributed by atoms with Gasteiger partial charge in [-0.3, -0.25) is 0 Å². The molecule has 8 nitrogen and oxygen atoms in total. The lowest BCUT2D eigenvalue weighted by molar-refractivity contribution is -0.274. The Balaban J connectivity index is 1.38. The Bertz CT molecular complexity index is 1140. The Kier molecular flexibility index (Phi) is 5.83. The number of benzene rings is 1. The average molecular weight is 476 g/mol. The van der Waals surface area contributed by atoms with Crippen LogP contribution in [0, 0.1) is 5.92 Å². The van der Waals surface area contributed by atoms with Gasteiger partial charge in [0, 0.05) is 25.2 Å². The number of ether oxygens (including phenoxy) is 1. The number of rotatable bonds is 6. The second-order valence-electron chi connectivity index (χ2n) is 7.32. The quantitative estimate of drug-likeness (QED) is 0.588. The highest BCUT2D eigenvalue weighted by Gasteiger charge is 2.31. The van der Waals surface area contributed by atoms with Crippen LogP contribution in [0.2, 0.25) is 0 Å². The standard InChI is InChI=1S/C18H20F3N5O3S2/c1-31(27,28)25-7-5-12(6-8-25)10-22-16-24-26-11-15(23-17(26)30-16)13-3-2-4-14(9-13)29-18(19,20)21/h2-4,9,11-12H,5-8,10H2,1H3,(H,22,24). The van der Waals surface area contributed by atoms with Gasteiger partial charge in [-0.05, 0) is 30.9 Å². The number of imidazole rings is 1. The molecule has 31 heavy (non-hydrogen) atoms. The topological polar surface area (TPSA) is 88.8 Å². The molecule has 4 rings (SSSR count). The number of halogens is 3. The molecule has 2 aromatic heterocycles. The molecular weight excluding hydrogens is 455 g/mol. The van der Waals surface area contributed by atoms with Gasteiger partial charge in [0.1, 0.15) is 5.75 Å². The van der Waals surface area contributed by atoms with Crippen molar-refractivity contribution in [2.24, 2.45) is 5.92 Å². The van der Waals surface area contributed by atoms with E-state index in [9.17, 15) is 21.6 Å². The van der Waals surface area contributed by atoms with E-state index in [-0.39, 0.29) is 5.75 Å². The third-order valence-corrected chi connectivity index (χ3v) is 7.17. The number of aromatic nitrogens is 3. The molecular formula is C18H20F3N5O3S2. The molecule has 0 aliphatic carbocycles. The largest absolute Gasteiger partial charge is 0.573 e. The summed E-state index contributed by atoms with van der Waals surface area (Å²) in [6.07, 6.45) is -0.318. The van der Waals surface area contributed by atoms with Gasteiger partial charge in [-0.15, -0.1) is 18.3 Å². The van der Waals surface area contributed by atoms with Crippen molar-refractivity contribution in [3.8, 4) is 17.0 Å². The van der Waals surface area contributed by atoms with E-state index in [1.165, 1.54) is 40.1 Å². The maximum atomic E-state index is 12.4. The summed E-state index contributed by atoms with van der Waals surface area (Å²) in [5, 5.41) is 8.37. The molecule has 1 aliphatic rings. The zero-order chi connectivity index (χ0) is 22.2. The Labute approximate surface area is 180 Å². The molecule has 1 saturated heterocycles. The molecule has 0 atom stereocenters. The lowest BCUT2D eigenvalue weighted by Gasteiger charge is -2.30. The van der Waals surface area contributed by atoms with Gasteiger partial charge in [-0.25, -0.2) is 22.2 Å². The molecule has 0 unspecified atom stereocenters. The van der Waals surface area contributed by atoms with E-state index in [2.05, 4.69) is 20.1 Å². The Morgan fingerprint density at radius 1 is 1.29 bits per heavy atom. The first-order valence-electron chi connectivity index (χ1n) is 9.48. The van der Waals surface area contributed by atoms with Crippen LogP contribution in [0.5, 0.6) is 5.75 Å². The first kappa shape index (κ1) is 21.8. The molecule has 0 amide bonds. The van der Waals surface area contributed by atoms with E-state index in [0.29, 0.717) is 46.9 Å². The lowest BCUT2D eigenvalue weighted by Crippen LogP contribution is -2.39. The van der Waals surface area contributed by atoms with Crippen molar-refractivity contribution in [2.75, 3.05) is 31.2 Å². The highest BCUT2D eigenvalue weighted by atomic mass is 32.2. The number of sulfonamides is 1. The predicted octanol–water partition coefficient (Wildman–Crippen LogP) is 3.44. The van der Waals surface area contributed by atoms with E-state index >= 15 is 0 Å². The summed E-state index contributed by atoms with van der Waals surface area (Å²) in [6, 6.07) is 5.63. The first-order chi connectivity index (χ1) is 14.6. The predicted molar refractivity (Wildman–Crippen MR) is 111 cm³/mol. The summed E-state index contributed by atoms with van der Waals surface area (Å²) in [4.78, 5) is 5.05. The fourth-order valence-electron chi connectivity index (χ4n) is 3.44.